The summed E-state index contributed by atoms with van der Waals surface area (Å²) >= 11 is 0. The number of benzene rings is 1. The van der Waals surface area contributed by atoms with E-state index in [-0.39, 0.29) is 5.56 Å². The number of nitrogens with one attached hydrogen (secondary N) is 1. The molecule has 0 unspecified atom stereocenters. The number of esters is 3. The van der Waals surface area contributed by atoms with Gasteiger partial charge in [0.1, 0.15) is 18.8 Å². The summed E-state index contributed by atoms with van der Waals surface area (Å²) in [6.45, 7) is 2.89. The van der Waals surface area contributed by atoms with Gasteiger partial charge in [-0.05, 0) is 12.1 Å². The Morgan fingerprint density at radius 2 is 1.55 bits per heavy atom. The van der Waals surface area contributed by atoms with Crippen LogP contribution in [0.5, 0.6) is 0 Å². The molecular weight excluding hydrogens is 389 g/mol. The zero-order valence-electron chi connectivity index (χ0n) is 16.1. The number of rotatable bonds is 6. The van der Waals surface area contributed by atoms with Gasteiger partial charge in [-0.3, -0.25) is 19.2 Å². The van der Waals surface area contributed by atoms with Gasteiger partial charge in [-0.15, -0.1) is 0 Å². The van der Waals surface area contributed by atoms with Crippen molar-refractivity contribution in [3.63, 3.8) is 0 Å². The van der Waals surface area contributed by atoms with Gasteiger partial charge in [0.05, 0.1) is 0 Å². The minimum absolute atomic E-state index is 0.243. The van der Waals surface area contributed by atoms with Gasteiger partial charge >= 0.3 is 17.9 Å². The van der Waals surface area contributed by atoms with E-state index >= 15 is 0 Å². The van der Waals surface area contributed by atoms with Gasteiger partial charge in [-0.1, -0.05) is 18.2 Å². The van der Waals surface area contributed by atoms with Crippen LogP contribution in [-0.2, 0) is 33.3 Å². The number of amides is 1. The molecule has 0 bridgehead atoms. The molecule has 2 rings (SSSR count). The predicted octanol–water partition coefficient (Wildman–Crippen LogP) is 0.906. The van der Waals surface area contributed by atoms with Crippen LogP contribution in [0.15, 0.2) is 30.3 Å². The van der Waals surface area contributed by atoms with Gasteiger partial charge in [0.25, 0.3) is 5.91 Å². The minimum Gasteiger partial charge on any atom is -0.463 e. The first kappa shape index (κ1) is 22.3. The molecule has 1 saturated heterocycles. The van der Waals surface area contributed by atoms with Gasteiger partial charge in [-0.2, -0.15) is 0 Å². The fourth-order valence-electron chi connectivity index (χ4n) is 2.87. The van der Waals surface area contributed by atoms with E-state index in [1.807, 2.05) is 0 Å². The Kier molecular flexibility index (Phi) is 7.66. The summed E-state index contributed by atoms with van der Waals surface area (Å²) in [6.07, 6.45) is -6.09. The molecule has 10 heteroatoms. The highest BCUT2D eigenvalue weighted by Crippen LogP contribution is 2.28. The molecule has 29 heavy (non-hydrogen) atoms. The SMILES string of the molecule is CC(=O)OC[C@H]1O[C@@H](F)[C@H](NC(=O)c2ccccc2)[C@@H](OC(C)=O)[C@@H]1OC(C)=O. The van der Waals surface area contributed by atoms with Gasteiger partial charge in [0.15, 0.2) is 12.2 Å². The van der Waals surface area contributed by atoms with Crippen molar-refractivity contribution in [2.75, 3.05) is 6.61 Å². The highest BCUT2D eigenvalue weighted by Gasteiger charge is 2.51. The van der Waals surface area contributed by atoms with Crippen LogP contribution >= 0.6 is 0 Å². The van der Waals surface area contributed by atoms with Crippen LogP contribution in [0.4, 0.5) is 4.39 Å². The van der Waals surface area contributed by atoms with E-state index in [2.05, 4.69) is 5.32 Å². The maximum absolute atomic E-state index is 14.8. The molecule has 158 valence electrons. The second-order valence-electron chi connectivity index (χ2n) is 6.34. The molecule has 0 aromatic heterocycles. The van der Waals surface area contributed by atoms with Crippen molar-refractivity contribution in [2.24, 2.45) is 0 Å². The van der Waals surface area contributed by atoms with Crippen molar-refractivity contribution < 1.29 is 42.5 Å². The zero-order valence-corrected chi connectivity index (χ0v) is 16.1. The lowest BCUT2D eigenvalue weighted by molar-refractivity contribution is -0.244. The highest BCUT2D eigenvalue weighted by molar-refractivity contribution is 5.94. The lowest BCUT2D eigenvalue weighted by Gasteiger charge is -2.42. The lowest BCUT2D eigenvalue weighted by atomic mass is 9.96. The van der Waals surface area contributed by atoms with Crippen LogP contribution in [0.25, 0.3) is 0 Å². The largest absolute Gasteiger partial charge is 0.463 e. The third kappa shape index (κ3) is 6.24. The van der Waals surface area contributed by atoms with Gasteiger partial charge < -0.3 is 24.3 Å². The van der Waals surface area contributed by atoms with Gasteiger partial charge in [0.2, 0.25) is 6.36 Å². The molecule has 1 N–H and O–H groups in total. The number of ether oxygens (including phenoxy) is 4. The van der Waals surface area contributed by atoms with Crippen molar-refractivity contribution in [3.05, 3.63) is 35.9 Å². The molecule has 0 saturated carbocycles. The van der Waals surface area contributed by atoms with Crippen molar-refractivity contribution in [3.8, 4) is 0 Å². The summed E-state index contributed by atoms with van der Waals surface area (Å²) in [5, 5.41) is 2.41. The first-order valence-corrected chi connectivity index (χ1v) is 8.82. The van der Waals surface area contributed by atoms with Crippen LogP contribution in [0.2, 0.25) is 0 Å². The molecule has 1 amide bonds. The Balaban J connectivity index is 2.30. The Bertz CT molecular complexity index is 756. The van der Waals surface area contributed by atoms with Crippen LogP contribution in [0, 0.1) is 0 Å². The highest BCUT2D eigenvalue weighted by atomic mass is 19.1. The van der Waals surface area contributed by atoms with Gasteiger partial charge in [-0.25, -0.2) is 4.39 Å². The van der Waals surface area contributed by atoms with E-state index in [0.717, 1.165) is 20.8 Å². The van der Waals surface area contributed by atoms with Crippen molar-refractivity contribution >= 4 is 23.8 Å². The van der Waals surface area contributed by atoms with Crippen LogP contribution < -0.4 is 5.32 Å². The molecule has 0 radical (unpaired) electrons. The summed E-state index contributed by atoms with van der Waals surface area (Å²) in [5.41, 5.74) is 0.243. The van der Waals surface area contributed by atoms with E-state index in [1.54, 1.807) is 18.2 Å². The molecule has 1 aliphatic rings. The second-order valence-corrected chi connectivity index (χ2v) is 6.34. The van der Waals surface area contributed by atoms with E-state index in [9.17, 15) is 23.6 Å². The Morgan fingerprint density at radius 3 is 2.10 bits per heavy atom. The van der Waals surface area contributed by atoms with Gasteiger partial charge in [0, 0.05) is 26.3 Å². The van der Waals surface area contributed by atoms with Crippen LogP contribution in [0.3, 0.4) is 0 Å². The molecule has 1 fully saturated rings. The van der Waals surface area contributed by atoms with Crippen molar-refractivity contribution in [1.82, 2.24) is 5.32 Å². The van der Waals surface area contributed by atoms with E-state index in [0.29, 0.717) is 0 Å². The lowest BCUT2D eigenvalue weighted by Crippen LogP contribution is -2.65. The molecule has 5 atom stereocenters. The molecule has 1 aromatic carbocycles. The summed E-state index contributed by atoms with van der Waals surface area (Å²) in [6, 6.07) is 6.51. The Hall–Kier alpha value is -3.01. The standard InChI is InChI=1S/C19H22FNO8/c1-10(22)26-9-14-16(27-11(2)23)17(28-12(3)24)15(18(20)29-14)21-19(25)13-7-5-4-6-8-13/h4-8,14-18H,9H2,1-3H3,(H,21,25)/t14-,15-,16-,17-,18-/m1/s1. The predicted molar refractivity (Wildman–Crippen MR) is 95.2 cm³/mol. The Morgan fingerprint density at radius 1 is 0.966 bits per heavy atom. The first-order valence-electron chi connectivity index (χ1n) is 8.82. The number of hydrogen-bond donors (Lipinski definition) is 1. The first-order chi connectivity index (χ1) is 13.7. The average molecular weight is 411 g/mol. The van der Waals surface area contributed by atoms with Crippen molar-refractivity contribution in [2.45, 2.75) is 51.5 Å². The average Bonchev–Trinajstić information content (AvgIpc) is 2.65. The summed E-state index contributed by atoms with van der Waals surface area (Å²) in [5.74, 6) is -2.84. The summed E-state index contributed by atoms with van der Waals surface area (Å²) < 4.78 is 35.2. The zero-order chi connectivity index (χ0) is 21.6. The smallest absolute Gasteiger partial charge is 0.303 e. The number of carbonyl (C=O) groups excluding carboxylic acids is 4. The molecule has 9 nitrogen and oxygen atoms in total. The maximum Gasteiger partial charge on any atom is 0.303 e. The topological polar surface area (TPSA) is 117 Å². The molecule has 1 heterocycles. The third-order valence-corrected chi connectivity index (χ3v) is 4.02. The Labute approximate surface area is 166 Å². The quantitative estimate of drug-likeness (QED) is 0.542. The maximum atomic E-state index is 14.8. The third-order valence-electron chi connectivity index (χ3n) is 4.02. The monoisotopic (exact) mass is 411 g/mol. The molecule has 0 aliphatic carbocycles. The number of halogens is 1. The minimum atomic E-state index is -2.13. The summed E-state index contributed by atoms with van der Waals surface area (Å²) in [4.78, 5) is 46.7. The van der Waals surface area contributed by atoms with E-state index in [1.165, 1.54) is 12.1 Å². The van der Waals surface area contributed by atoms with Crippen LogP contribution in [-0.4, -0.2) is 61.1 Å². The molecule has 0 spiro atoms. The molecular formula is C19H22FNO8. The number of hydrogen-bond acceptors (Lipinski definition) is 8. The second kappa shape index (κ2) is 9.97. The molecule has 1 aliphatic heterocycles. The van der Waals surface area contributed by atoms with Crippen LogP contribution in [0.1, 0.15) is 31.1 Å². The fraction of sp³-hybridized carbons (Fsp3) is 0.474. The van der Waals surface area contributed by atoms with E-state index in [4.69, 9.17) is 18.9 Å². The van der Waals surface area contributed by atoms with E-state index < -0.39 is 61.1 Å². The normalized spacial score (nSPS) is 26.1. The number of carbonyl (C=O) groups is 4. The van der Waals surface area contributed by atoms with Crippen molar-refractivity contribution in [1.29, 1.82) is 0 Å². The molecule has 1 aromatic rings. The fourth-order valence-corrected chi connectivity index (χ4v) is 2.87. The summed E-state index contributed by atoms with van der Waals surface area (Å²) in [7, 11) is 0. The number of alkyl halides is 1.